The lowest BCUT2D eigenvalue weighted by atomic mass is 9.95. The zero-order valence-electron chi connectivity index (χ0n) is 7.79. The van der Waals surface area contributed by atoms with E-state index in [0.29, 0.717) is 5.57 Å². The van der Waals surface area contributed by atoms with E-state index in [4.69, 9.17) is 9.15 Å². The van der Waals surface area contributed by atoms with Crippen molar-refractivity contribution in [3.8, 4) is 0 Å². The molecule has 14 heavy (non-hydrogen) atoms. The number of methoxy groups -OCH3 is 1. The number of hydrogen-bond acceptors (Lipinski definition) is 4. The van der Waals surface area contributed by atoms with Crippen molar-refractivity contribution in [2.24, 2.45) is 0 Å². The average molecular weight is 192 g/mol. The molecule has 0 unspecified atom stereocenters. The molecule has 0 radical (unpaired) electrons. The summed E-state index contributed by atoms with van der Waals surface area (Å²) in [6.07, 6.45) is 1.33. The Bertz CT molecular complexity index is 450. The summed E-state index contributed by atoms with van der Waals surface area (Å²) in [5.41, 5.74) is 0.567. The number of rotatable bonds is 1. The van der Waals surface area contributed by atoms with Crippen LogP contribution < -0.4 is 0 Å². The third-order valence-electron chi connectivity index (χ3n) is 2.21. The summed E-state index contributed by atoms with van der Waals surface area (Å²) in [6, 6.07) is 1.47. The van der Waals surface area contributed by atoms with Crippen molar-refractivity contribution in [2.75, 3.05) is 7.11 Å². The summed E-state index contributed by atoms with van der Waals surface area (Å²) in [7, 11) is 1.37. The molecule has 0 saturated carbocycles. The van der Waals surface area contributed by atoms with Crippen LogP contribution in [-0.2, 0) is 4.74 Å². The molecule has 0 fully saturated rings. The molecule has 1 aliphatic carbocycles. The standard InChI is InChI=1S/C10H8O4/c1-5-7(11)10-6(3-4-14-10)8(12)9(5)13-2/h3-4H,1-2H3. The Labute approximate surface area is 80.2 Å². The van der Waals surface area contributed by atoms with Gasteiger partial charge in [0.15, 0.2) is 11.5 Å². The predicted molar refractivity (Wildman–Crippen MR) is 47.1 cm³/mol. The molecule has 4 heteroatoms. The molecule has 0 aromatic carbocycles. The third kappa shape index (κ3) is 0.937. The maximum atomic E-state index is 11.7. The maximum absolute atomic E-state index is 11.7. The van der Waals surface area contributed by atoms with E-state index in [-0.39, 0.29) is 28.6 Å². The Kier molecular flexibility index (Phi) is 1.77. The predicted octanol–water partition coefficient (Wildman–Crippen LogP) is 1.58. The van der Waals surface area contributed by atoms with Crippen LogP contribution in [0, 0.1) is 0 Å². The smallest absolute Gasteiger partial charge is 0.231 e. The van der Waals surface area contributed by atoms with E-state index in [2.05, 4.69) is 0 Å². The fraction of sp³-hybridized carbons (Fsp3) is 0.200. The first-order valence-electron chi connectivity index (χ1n) is 4.08. The van der Waals surface area contributed by atoms with Gasteiger partial charge in [-0.3, -0.25) is 9.59 Å². The van der Waals surface area contributed by atoms with E-state index in [0.717, 1.165) is 0 Å². The minimum atomic E-state index is -0.298. The van der Waals surface area contributed by atoms with Gasteiger partial charge in [0.05, 0.1) is 18.9 Å². The monoisotopic (exact) mass is 192 g/mol. The fourth-order valence-electron chi connectivity index (χ4n) is 1.48. The number of allylic oxidation sites excluding steroid dienone is 2. The number of fused-ring (bicyclic) bond motifs is 1. The molecular weight excluding hydrogens is 184 g/mol. The number of hydrogen-bond donors (Lipinski definition) is 0. The summed E-state index contributed by atoms with van der Waals surface area (Å²) >= 11 is 0. The van der Waals surface area contributed by atoms with Crippen LogP contribution in [0.15, 0.2) is 28.1 Å². The van der Waals surface area contributed by atoms with Gasteiger partial charge in [-0.1, -0.05) is 0 Å². The van der Waals surface area contributed by atoms with Crippen molar-refractivity contribution in [3.05, 3.63) is 35.0 Å². The SMILES string of the molecule is COC1=C(C)C(=O)c2occc2C1=O. The van der Waals surface area contributed by atoms with Crippen molar-refractivity contribution in [3.63, 3.8) is 0 Å². The van der Waals surface area contributed by atoms with Crippen molar-refractivity contribution in [1.29, 1.82) is 0 Å². The summed E-state index contributed by atoms with van der Waals surface area (Å²) < 4.78 is 9.82. The zero-order chi connectivity index (χ0) is 10.3. The highest BCUT2D eigenvalue weighted by atomic mass is 16.5. The number of Topliss-reactive ketones (excluding diaryl/α,β-unsaturated/α-hetero) is 2. The Morgan fingerprint density at radius 3 is 2.64 bits per heavy atom. The van der Waals surface area contributed by atoms with Crippen LogP contribution in [0.25, 0.3) is 0 Å². The highest BCUT2D eigenvalue weighted by Gasteiger charge is 2.33. The Morgan fingerprint density at radius 1 is 1.29 bits per heavy atom. The molecule has 0 saturated heterocycles. The van der Waals surface area contributed by atoms with Gasteiger partial charge in [-0.05, 0) is 13.0 Å². The molecule has 0 bridgehead atoms. The molecule has 2 rings (SSSR count). The summed E-state index contributed by atoms with van der Waals surface area (Å²) in [6.45, 7) is 1.55. The van der Waals surface area contributed by atoms with Gasteiger partial charge in [-0.25, -0.2) is 0 Å². The van der Waals surface area contributed by atoms with Crippen LogP contribution in [0.4, 0.5) is 0 Å². The number of ether oxygens (including phenoxy) is 1. The molecule has 1 heterocycles. The highest BCUT2D eigenvalue weighted by Crippen LogP contribution is 2.26. The molecule has 1 aromatic heterocycles. The van der Waals surface area contributed by atoms with Gasteiger partial charge in [0.25, 0.3) is 0 Å². The van der Waals surface area contributed by atoms with Crippen LogP contribution in [0.2, 0.25) is 0 Å². The molecule has 0 amide bonds. The molecule has 1 aliphatic rings. The van der Waals surface area contributed by atoms with Crippen LogP contribution in [0.3, 0.4) is 0 Å². The maximum Gasteiger partial charge on any atom is 0.231 e. The van der Waals surface area contributed by atoms with Crippen molar-refractivity contribution >= 4 is 11.6 Å². The first kappa shape index (κ1) is 8.74. The van der Waals surface area contributed by atoms with Crippen LogP contribution in [-0.4, -0.2) is 18.7 Å². The molecule has 72 valence electrons. The van der Waals surface area contributed by atoms with Crippen LogP contribution in [0.1, 0.15) is 27.8 Å². The Balaban J connectivity index is 2.66. The van der Waals surface area contributed by atoms with Gasteiger partial charge in [0.1, 0.15) is 0 Å². The second kappa shape index (κ2) is 2.83. The van der Waals surface area contributed by atoms with Gasteiger partial charge in [0, 0.05) is 5.57 Å². The fourth-order valence-corrected chi connectivity index (χ4v) is 1.48. The molecule has 0 atom stereocenters. The number of furan rings is 1. The van der Waals surface area contributed by atoms with Gasteiger partial charge >= 0.3 is 0 Å². The van der Waals surface area contributed by atoms with Crippen LogP contribution >= 0.6 is 0 Å². The van der Waals surface area contributed by atoms with Gasteiger partial charge < -0.3 is 9.15 Å². The van der Waals surface area contributed by atoms with E-state index < -0.39 is 0 Å². The van der Waals surface area contributed by atoms with Gasteiger partial charge in [-0.2, -0.15) is 0 Å². The number of carbonyl (C=O) groups excluding carboxylic acids is 2. The van der Waals surface area contributed by atoms with Crippen molar-refractivity contribution in [1.82, 2.24) is 0 Å². The molecule has 4 nitrogen and oxygen atoms in total. The molecule has 0 N–H and O–H groups in total. The lowest BCUT2D eigenvalue weighted by Gasteiger charge is -2.13. The highest BCUT2D eigenvalue weighted by molar-refractivity contribution is 6.24. The van der Waals surface area contributed by atoms with E-state index in [1.807, 2.05) is 0 Å². The third-order valence-corrected chi connectivity index (χ3v) is 2.21. The number of ketones is 2. The average Bonchev–Trinajstić information content (AvgIpc) is 2.64. The lowest BCUT2D eigenvalue weighted by Crippen LogP contribution is -2.20. The van der Waals surface area contributed by atoms with E-state index in [1.165, 1.54) is 19.4 Å². The minimum Gasteiger partial charge on any atom is -0.492 e. The Hall–Kier alpha value is -1.84. The normalized spacial score (nSPS) is 15.9. The van der Waals surface area contributed by atoms with Gasteiger partial charge in [0.2, 0.25) is 11.6 Å². The largest absolute Gasteiger partial charge is 0.492 e. The minimum absolute atomic E-state index is 0.101. The van der Waals surface area contributed by atoms with Crippen molar-refractivity contribution in [2.45, 2.75) is 6.92 Å². The second-order valence-corrected chi connectivity index (χ2v) is 2.98. The van der Waals surface area contributed by atoms with Crippen molar-refractivity contribution < 1.29 is 18.7 Å². The Morgan fingerprint density at radius 2 is 2.00 bits per heavy atom. The summed E-state index contributed by atoms with van der Waals surface area (Å²) in [5, 5.41) is 0. The quantitative estimate of drug-likeness (QED) is 0.677. The molecular formula is C10H8O4. The molecule has 0 spiro atoms. The topological polar surface area (TPSA) is 56.5 Å². The van der Waals surface area contributed by atoms with Gasteiger partial charge in [-0.15, -0.1) is 0 Å². The van der Waals surface area contributed by atoms with E-state index in [9.17, 15) is 9.59 Å². The first-order chi connectivity index (χ1) is 6.66. The number of carbonyl (C=O) groups is 2. The molecule has 0 aliphatic heterocycles. The first-order valence-corrected chi connectivity index (χ1v) is 4.08. The lowest BCUT2D eigenvalue weighted by molar-refractivity contribution is 0.0893. The van der Waals surface area contributed by atoms with E-state index >= 15 is 0 Å². The second-order valence-electron chi connectivity index (χ2n) is 2.98. The van der Waals surface area contributed by atoms with E-state index in [1.54, 1.807) is 6.92 Å². The zero-order valence-corrected chi connectivity index (χ0v) is 7.79. The summed E-state index contributed by atoms with van der Waals surface area (Å²) in [4.78, 5) is 23.3. The molecule has 1 aromatic rings. The summed E-state index contributed by atoms with van der Waals surface area (Å²) in [5.74, 6) is -0.382. The van der Waals surface area contributed by atoms with Crippen LogP contribution in [0.5, 0.6) is 0 Å².